The molecule has 24 heavy (non-hydrogen) atoms. The lowest BCUT2D eigenvalue weighted by atomic mass is 10.2. The van der Waals surface area contributed by atoms with Crippen molar-refractivity contribution < 1.29 is 14.3 Å². The Bertz CT molecular complexity index is 593. The molecule has 0 aromatic heterocycles. The van der Waals surface area contributed by atoms with E-state index in [2.05, 4.69) is 20.9 Å². The van der Waals surface area contributed by atoms with Crippen LogP contribution in [0.2, 0.25) is 0 Å². The topological polar surface area (TPSA) is 95.1 Å². The fraction of sp³-hybridized carbons (Fsp3) is 0.400. The van der Waals surface area contributed by atoms with Crippen molar-refractivity contribution in [1.82, 2.24) is 20.9 Å². The van der Waals surface area contributed by atoms with Gasteiger partial charge in [-0.3, -0.25) is 14.7 Å². The minimum absolute atomic E-state index is 0. The number of benzene rings is 1. The van der Waals surface area contributed by atoms with Crippen LogP contribution in [0.1, 0.15) is 5.56 Å². The van der Waals surface area contributed by atoms with Crippen LogP contribution in [0.3, 0.4) is 0 Å². The van der Waals surface area contributed by atoms with Gasteiger partial charge in [0.2, 0.25) is 5.91 Å². The lowest BCUT2D eigenvalue weighted by Gasteiger charge is -2.16. The zero-order valence-corrected chi connectivity index (χ0v) is 16.0. The number of aliphatic imine (C=N–C) groups is 1. The molecule has 1 aromatic rings. The van der Waals surface area contributed by atoms with E-state index in [1.165, 1.54) is 4.90 Å². The van der Waals surface area contributed by atoms with Gasteiger partial charge < -0.3 is 20.7 Å². The number of urea groups is 1. The molecular weight excluding hydrogens is 425 g/mol. The largest absolute Gasteiger partial charge is 0.496 e. The summed E-state index contributed by atoms with van der Waals surface area (Å²) in [5.41, 5.74) is 1.01. The maximum absolute atomic E-state index is 11.5. The summed E-state index contributed by atoms with van der Waals surface area (Å²) >= 11 is 0. The van der Waals surface area contributed by atoms with Crippen molar-refractivity contribution >= 4 is 41.9 Å². The van der Waals surface area contributed by atoms with Crippen LogP contribution >= 0.6 is 24.0 Å². The predicted octanol–water partition coefficient (Wildman–Crippen LogP) is 0.530. The summed E-state index contributed by atoms with van der Waals surface area (Å²) in [6.45, 7) is 1.33. The molecule has 1 aliphatic heterocycles. The van der Waals surface area contributed by atoms with Gasteiger partial charge in [-0.15, -0.1) is 24.0 Å². The Morgan fingerprint density at radius 1 is 1.33 bits per heavy atom. The minimum atomic E-state index is -0.353. The highest BCUT2D eigenvalue weighted by molar-refractivity contribution is 14.0. The van der Waals surface area contributed by atoms with Crippen molar-refractivity contribution in [2.75, 3.05) is 33.8 Å². The van der Waals surface area contributed by atoms with Crippen LogP contribution in [-0.4, -0.2) is 56.6 Å². The van der Waals surface area contributed by atoms with E-state index in [-0.39, 0.29) is 42.5 Å². The van der Waals surface area contributed by atoms with Crippen molar-refractivity contribution in [1.29, 1.82) is 0 Å². The lowest BCUT2D eigenvalue weighted by molar-refractivity contribution is -0.124. The molecule has 0 bridgehead atoms. The molecule has 1 aromatic carbocycles. The number of rotatable bonds is 6. The van der Waals surface area contributed by atoms with Crippen molar-refractivity contribution in [3.63, 3.8) is 0 Å². The standard InChI is InChI=1S/C15H21N5O3.HI/c1-16-14(17-7-8-20-13(21)10-19-15(20)22)18-9-11-5-3-4-6-12(11)23-2;/h3-6H,7-10H2,1-2H3,(H,19,22)(H2,16,17,18);1H. The smallest absolute Gasteiger partial charge is 0.324 e. The Hall–Kier alpha value is -2.04. The lowest BCUT2D eigenvalue weighted by Crippen LogP contribution is -2.43. The first-order valence-electron chi connectivity index (χ1n) is 7.30. The van der Waals surface area contributed by atoms with E-state index in [1.807, 2.05) is 24.3 Å². The highest BCUT2D eigenvalue weighted by Crippen LogP contribution is 2.16. The van der Waals surface area contributed by atoms with Crippen LogP contribution in [0.4, 0.5) is 4.79 Å². The predicted molar refractivity (Wildman–Crippen MR) is 102 cm³/mol. The zero-order valence-electron chi connectivity index (χ0n) is 13.7. The second kappa shape index (κ2) is 9.96. The van der Waals surface area contributed by atoms with Crippen LogP contribution in [0, 0.1) is 0 Å². The molecular formula is C15H22IN5O3. The molecule has 0 radical (unpaired) electrons. The van der Waals surface area contributed by atoms with Gasteiger partial charge in [-0.2, -0.15) is 0 Å². The Balaban J connectivity index is 0.00000288. The average Bonchev–Trinajstić information content (AvgIpc) is 2.89. The molecule has 0 unspecified atom stereocenters. The number of hydrogen-bond donors (Lipinski definition) is 3. The molecule has 0 spiro atoms. The average molecular weight is 447 g/mol. The normalized spacial score (nSPS) is 14.1. The van der Waals surface area contributed by atoms with Crippen LogP contribution in [0.25, 0.3) is 0 Å². The third-order valence-corrected chi connectivity index (χ3v) is 3.43. The molecule has 0 aliphatic carbocycles. The maximum atomic E-state index is 11.5. The summed E-state index contributed by atoms with van der Waals surface area (Å²) in [6, 6.07) is 7.35. The summed E-state index contributed by atoms with van der Waals surface area (Å²) in [6.07, 6.45) is 0. The number of hydrogen-bond acceptors (Lipinski definition) is 4. The molecule has 1 aliphatic rings. The number of halogens is 1. The van der Waals surface area contributed by atoms with Crippen LogP contribution < -0.4 is 20.7 Å². The fourth-order valence-corrected chi connectivity index (χ4v) is 2.22. The molecule has 0 saturated carbocycles. The molecule has 3 N–H and O–H groups in total. The second-order valence-electron chi connectivity index (χ2n) is 4.87. The van der Waals surface area contributed by atoms with Gasteiger partial charge in [0, 0.05) is 32.2 Å². The van der Waals surface area contributed by atoms with Gasteiger partial charge in [-0.05, 0) is 6.07 Å². The van der Waals surface area contributed by atoms with Gasteiger partial charge >= 0.3 is 6.03 Å². The number of guanidine groups is 1. The van der Waals surface area contributed by atoms with Crippen LogP contribution in [0.5, 0.6) is 5.75 Å². The van der Waals surface area contributed by atoms with E-state index in [0.29, 0.717) is 25.6 Å². The van der Waals surface area contributed by atoms with E-state index in [4.69, 9.17) is 4.74 Å². The number of carbonyl (C=O) groups is 2. The zero-order chi connectivity index (χ0) is 16.7. The first-order valence-corrected chi connectivity index (χ1v) is 7.30. The van der Waals surface area contributed by atoms with Crippen LogP contribution in [0.15, 0.2) is 29.3 Å². The van der Waals surface area contributed by atoms with Gasteiger partial charge in [-0.25, -0.2) is 4.79 Å². The van der Waals surface area contributed by atoms with E-state index in [0.717, 1.165) is 11.3 Å². The van der Waals surface area contributed by atoms with Crippen molar-refractivity contribution in [2.45, 2.75) is 6.54 Å². The fourth-order valence-electron chi connectivity index (χ4n) is 2.22. The third-order valence-electron chi connectivity index (χ3n) is 3.43. The number of para-hydroxylation sites is 1. The number of carbonyl (C=O) groups excluding carboxylic acids is 2. The summed E-state index contributed by atoms with van der Waals surface area (Å²) in [4.78, 5) is 28.2. The summed E-state index contributed by atoms with van der Waals surface area (Å²) in [5.74, 6) is 1.17. The quantitative estimate of drug-likeness (QED) is 0.256. The third kappa shape index (κ3) is 5.25. The molecule has 1 saturated heterocycles. The highest BCUT2D eigenvalue weighted by atomic mass is 127. The highest BCUT2D eigenvalue weighted by Gasteiger charge is 2.27. The molecule has 8 nitrogen and oxygen atoms in total. The number of nitrogens with zero attached hydrogens (tertiary/aromatic N) is 2. The molecule has 2 rings (SSSR count). The molecule has 9 heteroatoms. The first-order chi connectivity index (χ1) is 11.2. The number of nitrogens with one attached hydrogen (secondary N) is 3. The summed E-state index contributed by atoms with van der Waals surface area (Å²) in [5, 5.41) is 8.71. The molecule has 1 fully saturated rings. The Morgan fingerprint density at radius 2 is 2.08 bits per heavy atom. The van der Waals surface area contributed by atoms with Gasteiger partial charge in [-0.1, -0.05) is 18.2 Å². The Labute approximate surface area is 158 Å². The van der Waals surface area contributed by atoms with E-state index in [9.17, 15) is 9.59 Å². The number of amides is 3. The van der Waals surface area contributed by atoms with Gasteiger partial charge in [0.05, 0.1) is 13.7 Å². The molecule has 3 amide bonds. The van der Waals surface area contributed by atoms with Gasteiger partial charge in [0.25, 0.3) is 0 Å². The van der Waals surface area contributed by atoms with Crippen molar-refractivity contribution in [3.8, 4) is 5.75 Å². The van der Waals surface area contributed by atoms with E-state index in [1.54, 1.807) is 14.2 Å². The van der Waals surface area contributed by atoms with E-state index >= 15 is 0 Å². The molecule has 0 atom stereocenters. The number of methoxy groups -OCH3 is 1. The summed E-state index contributed by atoms with van der Waals surface area (Å²) in [7, 11) is 3.29. The van der Waals surface area contributed by atoms with Crippen LogP contribution in [-0.2, 0) is 11.3 Å². The van der Waals surface area contributed by atoms with Crippen molar-refractivity contribution in [2.24, 2.45) is 4.99 Å². The number of imide groups is 1. The van der Waals surface area contributed by atoms with E-state index < -0.39 is 0 Å². The second-order valence-corrected chi connectivity index (χ2v) is 4.87. The Kier molecular flexibility index (Phi) is 8.30. The molecule has 132 valence electrons. The van der Waals surface area contributed by atoms with Gasteiger partial charge in [0.15, 0.2) is 5.96 Å². The summed E-state index contributed by atoms with van der Waals surface area (Å²) < 4.78 is 5.29. The Morgan fingerprint density at radius 3 is 2.71 bits per heavy atom. The maximum Gasteiger partial charge on any atom is 0.324 e. The molecule has 1 heterocycles. The van der Waals surface area contributed by atoms with Gasteiger partial charge in [0.1, 0.15) is 5.75 Å². The van der Waals surface area contributed by atoms with Crippen molar-refractivity contribution in [3.05, 3.63) is 29.8 Å². The number of ether oxygens (including phenoxy) is 1. The first kappa shape index (κ1) is 20.0. The monoisotopic (exact) mass is 447 g/mol. The minimum Gasteiger partial charge on any atom is -0.496 e. The SMILES string of the molecule is CN=C(NCCN1C(=O)CNC1=O)NCc1ccccc1OC.I.